The van der Waals surface area contributed by atoms with Crippen LogP contribution in [0.1, 0.15) is 35.5 Å². The molecule has 2 atom stereocenters. The standard InChI is InChI=1S/C22H22F3N5O3/c1-13-12-30(21(32)28-16-5-7-19(27-10-16)20(31)33-3)14(2)11-29(13)17-6-4-15(9-26)18(8-17)22(23,24)25/h4-8,10,13-14H,11-12H2,1-3H3,(H,28,32)/t13-,14+/m0/s1. The molecule has 0 spiro atoms. The fourth-order valence-corrected chi connectivity index (χ4v) is 3.70. The molecule has 0 saturated carbocycles. The number of rotatable bonds is 3. The van der Waals surface area contributed by atoms with Crippen molar-refractivity contribution >= 4 is 23.4 Å². The van der Waals surface area contributed by atoms with Crippen molar-refractivity contribution in [3.63, 3.8) is 0 Å². The summed E-state index contributed by atoms with van der Waals surface area (Å²) in [6, 6.07) is 7.18. The molecule has 1 aliphatic rings. The van der Waals surface area contributed by atoms with Gasteiger partial charge in [0.25, 0.3) is 0 Å². The maximum absolute atomic E-state index is 13.4. The number of aromatic nitrogens is 1. The third-order valence-corrected chi connectivity index (χ3v) is 5.42. The van der Waals surface area contributed by atoms with Crippen LogP contribution in [0.25, 0.3) is 0 Å². The number of methoxy groups -OCH3 is 1. The highest BCUT2D eigenvalue weighted by molar-refractivity contribution is 5.91. The van der Waals surface area contributed by atoms with Crippen LogP contribution in [-0.2, 0) is 10.9 Å². The molecule has 174 valence electrons. The number of piperazine rings is 1. The van der Waals surface area contributed by atoms with Crippen LogP contribution in [0.3, 0.4) is 0 Å². The summed E-state index contributed by atoms with van der Waals surface area (Å²) < 4.78 is 44.7. The van der Waals surface area contributed by atoms with Gasteiger partial charge in [-0.25, -0.2) is 14.6 Å². The lowest BCUT2D eigenvalue weighted by molar-refractivity contribution is -0.137. The van der Waals surface area contributed by atoms with E-state index < -0.39 is 29.3 Å². The van der Waals surface area contributed by atoms with E-state index in [0.29, 0.717) is 17.9 Å². The Kier molecular flexibility index (Phi) is 6.76. The lowest BCUT2D eigenvalue weighted by Gasteiger charge is -2.45. The SMILES string of the molecule is COC(=O)c1ccc(NC(=O)N2C[C@H](C)N(c3ccc(C#N)c(C(F)(F)F)c3)C[C@H]2C)cn1. The molecule has 2 aromatic rings. The Morgan fingerprint density at radius 1 is 1.18 bits per heavy atom. The van der Waals surface area contributed by atoms with E-state index in [1.54, 1.807) is 22.8 Å². The van der Waals surface area contributed by atoms with Crippen LogP contribution in [0, 0.1) is 11.3 Å². The highest BCUT2D eigenvalue weighted by atomic mass is 19.4. The topological polar surface area (TPSA) is 98.6 Å². The van der Waals surface area contributed by atoms with Crippen LogP contribution in [0.15, 0.2) is 36.5 Å². The molecule has 1 aromatic heterocycles. The molecular formula is C22H22F3N5O3. The van der Waals surface area contributed by atoms with Gasteiger partial charge in [-0.05, 0) is 44.2 Å². The number of esters is 1. The number of pyridine rings is 1. The first-order valence-electron chi connectivity index (χ1n) is 10.0. The summed E-state index contributed by atoms with van der Waals surface area (Å²) in [4.78, 5) is 31.6. The van der Waals surface area contributed by atoms with E-state index in [0.717, 1.165) is 6.07 Å². The zero-order chi connectivity index (χ0) is 24.3. The highest BCUT2D eigenvalue weighted by Crippen LogP contribution is 2.35. The van der Waals surface area contributed by atoms with Gasteiger partial charge in [-0.15, -0.1) is 0 Å². The van der Waals surface area contributed by atoms with Gasteiger partial charge in [0.2, 0.25) is 0 Å². The van der Waals surface area contributed by atoms with E-state index in [1.165, 1.54) is 37.6 Å². The minimum absolute atomic E-state index is 0.103. The second-order valence-corrected chi connectivity index (χ2v) is 7.70. The highest BCUT2D eigenvalue weighted by Gasteiger charge is 2.36. The number of hydrogen-bond donors (Lipinski definition) is 1. The molecule has 2 heterocycles. The number of carbonyl (C=O) groups excluding carboxylic acids is 2. The Hall–Kier alpha value is -3.81. The lowest BCUT2D eigenvalue weighted by atomic mass is 10.0. The first kappa shape index (κ1) is 23.8. The van der Waals surface area contributed by atoms with Crippen molar-refractivity contribution in [3.8, 4) is 6.07 Å². The van der Waals surface area contributed by atoms with Gasteiger partial charge in [0, 0.05) is 30.9 Å². The number of alkyl halides is 3. The van der Waals surface area contributed by atoms with E-state index in [-0.39, 0.29) is 24.3 Å². The van der Waals surface area contributed by atoms with Gasteiger partial charge in [-0.1, -0.05) is 0 Å². The zero-order valence-corrected chi connectivity index (χ0v) is 18.2. The number of hydrogen-bond acceptors (Lipinski definition) is 6. The van der Waals surface area contributed by atoms with E-state index >= 15 is 0 Å². The number of nitriles is 1. The Balaban J connectivity index is 1.73. The van der Waals surface area contributed by atoms with Gasteiger partial charge >= 0.3 is 18.2 Å². The fourth-order valence-electron chi connectivity index (χ4n) is 3.70. The number of urea groups is 1. The van der Waals surface area contributed by atoms with E-state index in [4.69, 9.17) is 5.26 Å². The number of ether oxygens (including phenoxy) is 1. The summed E-state index contributed by atoms with van der Waals surface area (Å²) in [6.07, 6.45) is -3.31. The van der Waals surface area contributed by atoms with Crippen LogP contribution in [0.5, 0.6) is 0 Å². The molecule has 33 heavy (non-hydrogen) atoms. The predicted molar refractivity (Wildman–Crippen MR) is 114 cm³/mol. The lowest BCUT2D eigenvalue weighted by Crippen LogP contribution is -2.59. The molecule has 1 saturated heterocycles. The zero-order valence-electron chi connectivity index (χ0n) is 18.2. The maximum Gasteiger partial charge on any atom is 0.417 e. The second-order valence-electron chi connectivity index (χ2n) is 7.70. The van der Waals surface area contributed by atoms with Gasteiger partial charge in [0.05, 0.1) is 36.2 Å². The number of nitrogens with zero attached hydrogens (tertiary/aromatic N) is 4. The Morgan fingerprint density at radius 2 is 1.91 bits per heavy atom. The summed E-state index contributed by atoms with van der Waals surface area (Å²) in [7, 11) is 1.24. The number of amides is 2. The summed E-state index contributed by atoms with van der Waals surface area (Å²) in [6.45, 7) is 4.18. The molecule has 8 nitrogen and oxygen atoms in total. The first-order chi connectivity index (χ1) is 15.5. The van der Waals surface area contributed by atoms with Crippen molar-refractivity contribution < 1.29 is 27.5 Å². The fraction of sp³-hybridized carbons (Fsp3) is 0.364. The summed E-state index contributed by atoms with van der Waals surface area (Å²) in [5.74, 6) is -0.595. The molecule has 1 aliphatic heterocycles. The Bertz CT molecular complexity index is 1080. The number of anilines is 2. The van der Waals surface area contributed by atoms with Crippen molar-refractivity contribution in [2.24, 2.45) is 0 Å². The molecule has 0 aliphatic carbocycles. The second kappa shape index (κ2) is 9.36. The molecule has 0 unspecified atom stereocenters. The molecule has 1 N–H and O–H groups in total. The van der Waals surface area contributed by atoms with Crippen molar-refractivity contribution in [1.82, 2.24) is 9.88 Å². The molecular weight excluding hydrogens is 439 g/mol. The van der Waals surface area contributed by atoms with Crippen molar-refractivity contribution in [1.29, 1.82) is 5.26 Å². The number of benzene rings is 1. The molecule has 2 amide bonds. The van der Waals surface area contributed by atoms with Gasteiger partial charge in [0.1, 0.15) is 5.69 Å². The van der Waals surface area contributed by atoms with Gasteiger partial charge in [-0.2, -0.15) is 18.4 Å². The van der Waals surface area contributed by atoms with Gasteiger partial charge in [0.15, 0.2) is 0 Å². The minimum Gasteiger partial charge on any atom is -0.464 e. The summed E-state index contributed by atoms with van der Waals surface area (Å²) in [5.41, 5.74) is -0.589. The molecule has 1 fully saturated rings. The number of halogens is 3. The molecule has 1 aromatic carbocycles. The quantitative estimate of drug-likeness (QED) is 0.697. The van der Waals surface area contributed by atoms with Crippen LogP contribution in [0.4, 0.5) is 29.3 Å². The summed E-state index contributed by atoms with van der Waals surface area (Å²) >= 11 is 0. The number of nitrogens with one attached hydrogen (secondary N) is 1. The van der Waals surface area contributed by atoms with Crippen LogP contribution >= 0.6 is 0 Å². The molecule has 0 radical (unpaired) electrons. The summed E-state index contributed by atoms with van der Waals surface area (Å²) in [5, 5.41) is 11.7. The molecule has 11 heteroatoms. The van der Waals surface area contributed by atoms with E-state index in [1.807, 2.05) is 6.92 Å². The van der Waals surface area contributed by atoms with Crippen LogP contribution in [-0.4, -0.2) is 54.2 Å². The average molecular weight is 461 g/mol. The van der Waals surface area contributed by atoms with E-state index in [2.05, 4.69) is 15.0 Å². The Morgan fingerprint density at radius 3 is 2.48 bits per heavy atom. The van der Waals surface area contributed by atoms with Crippen molar-refractivity contribution in [2.75, 3.05) is 30.4 Å². The smallest absolute Gasteiger partial charge is 0.417 e. The Labute approximate surface area is 188 Å². The third-order valence-electron chi connectivity index (χ3n) is 5.42. The van der Waals surface area contributed by atoms with Gasteiger partial charge in [-0.3, -0.25) is 0 Å². The van der Waals surface area contributed by atoms with Crippen molar-refractivity contribution in [2.45, 2.75) is 32.1 Å². The largest absolute Gasteiger partial charge is 0.464 e. The van der Waals surface area contributed by atoms with E-state index in [9.17, 15) is 22.8 Å². The molecule has 3 rings (SSSR count). The van der Waals surface area contributed by atoms with Gasteiger partial charge < -0.3 is 19.9 Å². The van der Waals surface area contributed by atoms with Crippen LogP contribution in [0.2, 0.25) is 0 Å². The normalized spacial score (nSPS) is 18.5. The van der Waals surface area contributed by atoms with Crippen molar-refractivity contribution in [3.05, 3.63) is 53.3 Å². The number of carbonyl (C=O) groups is 2. The first-order valence-corrected chi connectivity index (χ1v) is 10.0. The average Bonchev–Trinajstić information content (AvgIpc) is 2.79. The predicted octanol–water partition coefficient (Wildman–Crippen LogP) is 3.89. The minimum atomic E-state index is -4.64. The monoisotopic (exact) mass is 461 g/mol. The molecule has 0 bridgehead atoms. The van der Waals surface area contributed by atoms with Crippen LogP contribution < -0.4 is 10.2 Å². The third kappa shape index (κ3) is 5.16. The maximum atomic E-state index is 13.4.